The molecule has 0 aromatic heterocycles. The molecule has 0 fully saturated rings. The van der Waals surface area contributed by atoms with E-state index in [1.807, 2.05) is 0 Å². The van der Waals surface area contributed by atoms with Gasteiger partial charge in [-0.25, -0.2) is 13.1 Å². The first-order chi connectivity index (χ1) is 9.40. The fraction of sp³-hybridized carbons (Fsp3) is 0.455. The number of ether oxygens (including phenoxy) is 2. The van der Waals surface area contributed by atoms with Gasteiger partial charge in [0.25, 0.3) is 5.69 Å². The summed E-state index contributed by atoms with van der Waals surface area (Å²) in [7, 11) is -0.784. The smallest absolute Gasteiger partial charge is 0.269 e. The van der Waals surface area contributed by atoms with Crippen molar-refractivity contribution in [2.75, 3.05) is 20.8 Å². The SMILES string of the molecule is COC(CCNS(=O)(=O)c1ccc([N+](=O)[O-])cc1)OC. The second-order valence-electron chi connectivity index (χ2n) is 3.84. The molecule has 0 amide bonds. The lowest BCUT2D eigenvalue weighted by Crippen LogP contribution is -2.28. The van der Waals surface area contributed by atoms with Crippen LogP contribution in [0.4, 0.5) is 5.69 Å². The van der Waals surface area contributed by atoms with Gasteiger partial charge in [-0.3, -0.25) is 10.1 Å². The van der Waals surface area contributed by atoms with Crippen molar-refractivity contribution in [1.29, 1.82) is 0 Å². The number of sulfonamides is 1. The second kappa shape index (κ2) is 7.29. The van der Waals surface area contributed by atoms with Crippen LogP contribution in [0.5, 0.6) is 0 Å². The number of benzene rings is 1. The predicted molar refractivity (Wildman–Crippen MR) is 70.7 cm³/mol. The zero-order chi connectivity index (χ0) is 15.2. The summed E-state index contributed by atoms with van der Waals surface area (Å²) in [5.41, 5.74) is -0.164. The molecule has 1 aromatic rings. The Kier molecular flexibility index (Phi) is 6.02. The Hall–Kier alpha value is -1.55. The van der Waals surface area contributed by atoms with Crippen molar-refractivity contribution in [3.05, 3.63) is 34.4 Å². The van der Waals surface area contributed by atoms with Crippen molar-refractivity contribution in [2.24, 2.45) is 0 Å². The molecule has 0 aliphatic heterocycles. The van der Waals surface area contributed by atoms with Crippen molar-refractivity contribution >= 4 is 15.7 Å². The van der Waals surface area contributed by atoms with Crippen molar-refractivity contribution in [1.82, 2.24) is 4.72 Å². The van der Waals surface area contributed by atoms with E-state index in [9.17, 15) is 18.5 Å². The zero-order valence-electron chi connectivity index (χ0n) is 11.1. The van der Waals surface area contributed by atoms with Crippen molar-refractivity contribution in [2.45, 2.75) is 17.6 Å². The highest BCUT2D eigenvalue weighted by Gasteiger charge is 2.16. The van der Waals surface area contributed by atoms with Crippen LogP contribution in [0, 0.1) is 10.1 Å². The maximum Gasteiger partial charge on any atom is 0.269 e. The third kappa shape index (κ3) is 4.53. The zero-order valence-corrected chi connectivity index (χ0v) is 11.9. The minimum Gasteiger partial charge on any atom is -0.356 e. The molecular formula is C11H16N2O6S. The van der Waals surface area contributed by atoms with Gasteiger partial charge in [0.2, 0.25) is 10.0 Å². The molecule has 0 atom stereocenters. The Labute approximate surface area is 116 Å². The summed E-state index contributed by atoms with van der Waals surface area (Å²) < 4.78 is 36.0. The molecule has 9 heteroatoms. The lowest BCUT2D eigenvalue weighted by atomic mass is 10.3. The van der Waals surface area contributed by atoms with E-state index < -0.39 is 21.2 Å². The van der Waals surface area contributed by atoms with Crippen molar-refractivity contribution in [3.63, 3.8) is 0 Å². The Bertz CT molecular complexity index is 539. The summed E-state index contributed by atoms with van der Waals surface area (Å²) >= 11 is 0. The molecule has 0 heterocycles. The van der Waals surface area contributed by atoms with Gasteiger partial charge in [-0.15, -0.1) is 0 Å². The van der Waals surface area contributed by atoms with Crippen molar-refractivity contribution in [3.8, 4) is 0 Å². The molecule has 0 aliphatic carbocycles. The molecule has 112 valence electrons. The van der Waals surface area contributed by atoms with E-state index in [0.717, 1.165) is 12.1 Å². The number of nitrogens with one attached hydrogen (secondary N) is 1. The number of hydrogen-bond acceptors (Lipinski definition) is 6. The molecule has 0 unspecified atom stereocenters. The van der Waals surface area contributed by atoms with Gasteiger partial charge in [-0.05, 0) is 12.1 Å². The van der Waals surface area contributed by atoms with Crippen molar-refractivity contribution < 1.29 is 22.8 Å². The van der Waals surface area contributed by atoms with Gasteiger partial charge in [0.05, 0.1) is 9.82 Å². The molecule has 0 radical (unpaired) electrons. The third-order valence-corrected chi connectivity index (χ3v) is 4.03. The van der Waals surface area contributed by atoms with Crippen LogP contribution in [0.2, 0.25) is 0 Å². The van der Waals surface area contributed by atoms with Gasteiger partial charge in [0.1, 0.15) is 0 Å². The standard InChI is InChI=1S/C11H16N2O6S/c1-18-11(19-2)7-8-12-20(16,17)10-5-3-9(4-6-10)13(14)15/h3-6,11-12H,7-8H2,1-2H3. The highest BCUT2D eigenvalue weighted by molar-refractivity contribution is 7.89. The summed E-state index contributed by atoms with van der Waals surface area (Å²) in [5.74, 6) is 0. The van der Waals surface area contributed by atoms with Gasteiger partial charge in [-0.2, -0.15) is 0 Å². The minimum absolute atomic E-state index is 0.0329. The number of rotatable bonds is 8. The first-order valence-electron chi connectivity index (χ1n) is 5.70. The van der Waals surface area contributed by atoms with E-state index in [2.05, 4.69) is 4.72 Å². The average Bonchev–Trinajstić information content (AvgIpc) is 2.43. The van der Waals surface area contributed by atoms with Gasteiger partial charge < -0.3 is 9.47 Å². The highest BCUT2D eigenvalue weighted by atomic mass is 32.2. The monoisotopic (exact) mass is 304 g/mol. The van der Waals surface area contributed by atoms with E-state index in [1.54, 1.807) is 0 Å². The van der Waals surface area contributed by atoms with Crippen LogP contribution in [-0.4, -0.2) is 40.4 Å². The summed E-state index contributed by atoms with van der Waals surface area (Å²) in [6.07, 6.45) is -0.145. The normalized spacial score (nSPS) is 11.8. The Morgan fingerprint density at radius 2 is 1.80 bits per heavy atom. The van der Waals surface area contributed by atoms with Crippen LogP contribution >= 0.6 is 0 Å². The molecule has 1 rings (SSSR count). The van der Waals surface area contributed by atoms with E-state index in [-0.39, 0.29) is 17.1 Å². The molecule has 20 heavy (non-hydrogen) atoms. The Morgan fingerprint density at radius 1 is 1.25 bits per heavy atom. The molecule has 0 saturated carbocycles. The summed E-state index contributed by atoms with van der Waals surface area (Å²) in [6, 6.07) is 4.65. The Balaban J connectivity index is 2.66. The number of methoxy groups -OCH3 is 2. The molecule has 0 bridgehead atoms. The number of nitrogens with zero attached hydrogens (tertiary/aromatic N) is 1. The van der Waals surface area contributed by atoms with Crippen LogP contribution < -0.4 is 4.72 Å². The number of non-ortho nitro benzene ring substituents is 1. The van der Waals surface area contributed by atoms with Crippen LogP contribution in [0.1, 0.15) is 6.42 Å². The summed E-state index contributed by atoms with van der Waals surface area (Å²) in [5, 5.41) is 10.5. The van der Waals surface area contributed by atoms with Gasteiger partial charge in [0, 0.05) is 39.3 Å². The van der Waals surface area contributed by atoms with Crippen LogP contribution in [0.25, 0.3) is 0 Å². The molecule has 0 aliphatic rings. The largest absolute Gasteiger partial charge is 0.356 e. The minimum atomic E-state index is -3.70. The maximum absolute atomic E-state index is 11.9. The fourth-order valence-electron chi connectivity index (χ4n) is 1.47. The van der Waals surface area contributed by atoms with Gasteiger partial charge in [-0.1, -0.05) is 0 Å². The quantitative estimate of drug-likeness (QED) is 0.434. The average molecular weight is 304 g/mol. The number of nitro groups is 1. The Morgan fingerprint density at radius 3 is 2.25 bits per heavy atom. The maximum atomic E-state index is 11.9. The first-order valence-corrected chi connectivity index (χ1v) is 7.18. The summed E-state index contributed by atoms with van der Waals surface area (Å²) in [6.45, 7) is 0.131. The van der Waals surface area contributed by atoms with E-state index >= 15 is 0 Å². The third-order valence-electron chi connectivity index (χ3n) is 2.56. The highest BCUT2D eigenvalue weighted by Crippen LogP contribution is 2.15. The molecular weight excluding hydrogens is 288 g/mol. The van der Waals surface area contributed by atoms with Crippen LogP contribution in [0.3, 0.4) is 0 Å². The van der Waals surface area contributed by atoms with Crippen LogP contribution in [0.15, 0.2) is 29.2 Å². The lowest BCUT2D eigenvalue weighted by Gasteiger charge is -2.13. The summed E-state index contributed by atoms with van der Waals surface area (Å²) in [4.78, 5) is 9.86. The molecule has 1 aromatic carbocycles. The van der Waals surface area contributed by atoms with Gasteiger partial charge >= 0.3 is 0 Å². The van der Waals surface area contributed by atoms with Crippen LogP contribution in [-0.2, 0) is 19.5 Å². The molecule has 1 N–H and O–H groups in total. The fourth-order valence-corrected chi connectivity index (χ4v) is 2.52. The molecule has 0 spiro atoms. The van der Waals surface area contributed by atoms with E-state index in [1.165, 1.54) is 26.4 Å². The molecule has 0 saturated heterocycles. The molecule has 8 nitrogen and oxygen atoms in total. The van der Waals surface area contributed by atoms with E-state index in [0.29, 0.717) is 6.42 Å². The lowest BCUT2D eigenvalue weighted by molar-refractivity contribution is -0.384. The number of hydrogen-bond donors (Lipinski definition) is 1. The first kappa shape index (κ1) is 16.5. The van der Waals surface area contributed by atoms with E-state index in [4.69, 9.17) is 9.47 Å². The topological polar surface area (TPSA) is 108 Å². The second-order valence-corrected chi connectivity index (χ2v) is 5.61. The van der Waals surface area contributed by atoms with Gasteiger partial charge in [0.15, 0.2) is 6.29 Å². The predicted octanol–water partition coefficient (Wildman–Crippen LogP) is 0.882. The number of nitro benzene ring substituents is 1.